The molecule has 0 saturated heterocycles. The second-order valence-corrected chi connectivity index (χ2v) is 2.63. The van der Waals surface area contributed by atoms with Gasteiger partial charge >= 0.3 is 0 Å². The number of nitrogens with zero attached hydrogens (tertiary/aromatic N) is 5. The molecular formula is C7H10N6. The van der Waals surface area contributed by atoms with Gasteiger partial charge in [0.05, 0.1) is 6.42 Å². The predicted octanol–water partition coefficient (Wildman–Crippen LogP) is 0.00690. The van der Waals surface area contributed by atoms with Crippen LogP contribution in [0.25, 0.3) is 0 Å². The molecule has 0 aromatic carbocycles. The fraction of sp³-hybridized carbons (Fsp3) is 0.429. The predicted molar refractivity (Wildman–Crippen MR) is 44.9 cm³/mol. The van der Waals surface area contributed by atoms with Gasteiger partial charge in [-0.1, -0.05) is 5.21 Å². The van der Waals surface area contributed by atoms with Gasteiger partial charge in [0.25, 0.3) is 0 Å². The van der Waals surface area contributed by atoms with Crippen molar-refractivity contribution in [2.75, 3.05) is 0 Å². The summed E-state index contributed by atoms with van der Waals surface area (Å²) in [7, 11) is 0. The van der Waals surface area contributed by atoms with Crippen LogP contribution in [0.4, 0.5) is 0 Å². The van der Waals surface area contributed by atoms with Gasteiger partial charge in [0, 0.05) is 18.9 Å². The minimum atomic E-state index is 0.622. The lowest BCUT2D eigenvalue weighted by Crippen LogP contribution is -2.02. The summed E-state index contributed by atoms with van der Waals surface area (Å²) in [5.74, 6) is 1.63. The molecule has 0 unspecified atom stereocenters. The van der Waals surface area contributed by atoms with E-state index in [0.717, 1.165) is 12.4 Å². The van der Waals surface area contributed by atoms with Crippen LogP contribution in [-0.4, -0.2) is 30.2 Å². The van der Waals surface area contributed by atoms with Crippen LogP contribution in [0.15, 0.2) is 12.4 Å². The van der Waals surface area contributed by atoms with Crippen LogP contribution in [0.3, 0.4) is 0 Å². The Kier molecular flexibility index (Phi) is 2.03. The molecule has 0 bridgehead atoms. The molecular weight excluding hydrogens is 168 g/mol. The van der Waals surface area contributed by atoms with E-state index < -0.39 is 0 Å². The Hall–Kier alpha value is -1.72. The minimum Gasteiger partial charge on any atom is -0.335 e. The molecule has 0 atom stereocenters. The van der Waals surface area contributed by atoms with Crippen molar-refractivity contribution in [1.29, 1.82) is 0 Å². The summed E-state index contributed by atoms with van der Waals surface area (Å²) in [6, 6.07) is 0. The Morgan fingerprint density at radius 2 is 2.46 bits per heavy atom. The van der Waals surface area contributed by atoms with Gasteiger partial charge in [0.2, 0.25) is 0 Å². The largest absolute Gasteiger partial charge is 0.335 e. The van der Waals surface area contributed by atoms with Crippen LogP contribution in [-0.2, 0) is 13.0 Å². The molecule has 1 N–H and O–H groups in total. The molecule has 0 spiro atoms. The number of aromatic nitrogens is 6. The van der Waals surface area contributed by atoms with E-state index in [-0.39, 0.29) is 0 Å². The summed E-state index contributed by atoms with van der Waals surface area (Å²) in [4.78, 5) is 4.20. The van der Waals surface area contributed by atoms with Gasteiger partial charge in [-0.3, -0.25) is 0 Å². The van der Waals surface area contributed by atoms with Crippen LogP contribution in [0.1, 0.15) is 18.6 Å². The number of hydrogen-bond acceptors (Lipinski definition) is 4. The van der Waals surface area contributed by atoms with Crippen molar-refractivity contribution in [3.8, 4) is 0 Å². The average Bonchev–Trinajstić information content (AvgIpc) is 2.76. The van der Waals surface area contributed by atoms with E-state index in [2.05, 4.69) is 37.1 Å². The zero-order chi connectivity index (χ0) is 9.10. The highest BCUT2D eigenvalue weighted by molar-refractivity contribution is 4.99. The van der Waals surface area contributed by atoms with E-state index in [4.69, 9.17) is 0 Å². The molecule has 2 aromatic heterocycles. The maximum Gasteiger partial charge on any atom is 0.182 e. The fourth-order valence-corrected chi connectivity index (χ4v) is 1.19. The fourth-order valence-electron chi connectivity index (χ4n) is 1.19. The average molecular weight is 178 g/mol. The molecule has 0 aliphatic carbocycles. The standard InChI is InChI=1S/C7H10N6/c1-2-13-4-3-8-7(13)5-6-9-11-12-10-6/h3-4H,2,5H2,1H3,(H,9,10,11,12). The third-order valence-electron chi connectivity index (χ3n) is 1.85. The summed E-state index contributed by atoms with van der Waals surface area (Å²) >= 11 is 0. The first-order valence-corrected chi connectivity index (χ1v) is 4.12. The number of hydrogen-bond donors (Lipinski definition) is 1. The van der Waals surface area contributed by atoms with E-state index in [1.807, 2.05) is 6.20 Å². The van der Waals surface area contributed by atoms with Gasteiger partial charge < -0.3 is 4.57 Å². The van der Waals surface area contributed by atoms with Crippen molar-refractivity contribution in [1.82, 2.24) is 30.2 Å². The summed E-state index contributed by atoms with van der Waals surface area (Å²) in [5, 5.41) is 13.6. The van der Waals surface area contributed by atoms with E-state index >= 15 is 0 Å². The number of aromatic amines is 1. The lowest BCUT2D eigenvalue weighted by molar-refractivity contribution is 0.703. The molecule has 0 aliphatic heterocycles. The Bertz CT molecular complexity index is 362. The van der Waals surface area contributed by atoms with Crippen LogP contribution in [0, 0.1) is 0 Å². The zero-order valence-corrected chi connectivity index (χ0v) is 7.30. The van der Waals surface area contributed by atoms with Crippen molar-refractivity contribution in [3.05, 3.63) is 24.0 Å². The Morgan fingerprint density at radius 1 is 1.54 bits per heavy atom. The molecule has 0 amide bonds. The van der Waals surface area contributed by atoms with Gasteiger partial charge in [-0.2, -0.15) is 5.21 Å². The molecule has 2 rings (SSSR count). The molecule has 0 aliphatic rings. The number of aryl methyl sites for hydroxylation is 1. The summed E-state index contributed by atoms with van der Waals surface area (Å²) in [6.45, 7) is 2.98. The van der Waals surface area contributed by atoms with Crippen LogP contribution >= 0.6 is 0 Å². The van der Waals surface area contributed by atoms with Crippen molar-refractivity contribution in [3.63, 3.8) is 0 Å². The quantitative estimate of drug-likeness (QED) is 0.718. The van der Waals surface area contributed by atoms with Gasteiger partial charge in [-0.05, 0) is 6.92 Å². The molecule has 6 heteroatoms. The lowest BCUT2D eigenvalue weighted by atomic mass is 10.4. The monoisotopic (exact) mass is 178 g/mol. The van der Waals surface area contributed by atoms with Crippen molar-refractivity contribution in [2.45, 2.75) is 19.9 Å². The van der Waals surface area contributed by atoms with Crippen molar-refractivity contribution >= 4 is 0 Å². The van der Waals surface area contributed by atoms with Crippen LogP contribution < -0.4 is 0 Å². The number of nitrogens with one attached hydrogen (secondary N) is 1. The first kappa shape index (κ1) is 7.90. The Morgan fingerprint density at radius 3 is 3.15 bits per heavy atom. The molecule has 6 nitrogen and oxygen atoms in total. The van der Waals surface area contributed by atoms with Gasteiger partial charge in [-0.15, -0.1) is 10.2 Å². The highest BCUT2D eigenvalue weighted by Gasteiger charge is 2.05. The molecule has 2 aromatic rings. The van der Waals surface area contributed by atoms with E-state index in [9.17, 15) is 0 Å². The molecule has 0 radical (unpaired) electrons. The maximum absolute atomic E-state index is 4.20. The molecule has 0 saturated carbocycles. The molecule has 2 heterocycles. The summed E-state index contributed by atoms with van der Waals surface area (Å²) < 4.78 is 2.05. The maximum atomic E-state index is 4.20. The van der Waals surface area contributed by atoms with Crippen molar-refractivity contribution in [2.24, 2.45) is 0 Å². The van der Waals surface area contributed by atoms with Crippen molar-refractivity contribution < 1.29 is 0 Å². The van der Waals surface area contributed by atoms with Gasteiger partial charge in [0.1, 0.15) is 5.82 Å². The third kappa shape index (κ3) is 1.56. The topological polar surface area (TPSA) is 72.3 Å². The van der Waals surface area contributed by atoms with E-state index in [0.29, 0.717) is 12.2 Å². The van der Waals surface area contributed by atoms with Gasteiger partial charge in [0.15, 0.2) is 5.82 Å². The number of tetrazole rings is 1. The third-order valence-corrected chi connectivity index (χ3v) is 1.85. The SMILES string of the molecule is CCn1ccnc1Cc1nn[nH]n1. The van der Waals surface area contributed by atoms with E-state index in [1.165, 1.54) is 0 Å². The molecule has 68 valence electrons. The summed E-state index contributed by atoms with van der Waals surface area (Å²) in [6.07, 6.45) is 4.34. The van der Waals surface area contributed by atoms with Crippen LogP contribution in [0.5, 0.6) is 0 Å². The Balaban J connectivity index is 2.18. The number of H-pyrrole nitrogens is 1. The second-order valence-electron chi connectivity index (χ2n) is 2.63. The molecule has 0 fully saturated rings. The second kappa shape index (κ2) is 3.34. The first-order chi connectivity index (χ1) is 6.40. The zero-order valence-electron chi connectivity index (χ0n) is 7.30. The smallest absolute Gasteiger partial charge is 0.182 e. The summed E-state index contributed by atoms with van der Waals surface area (Å²) in [5.41, 5.74) is 0. The molecule has 13 heavy (non-hydrogen) atoms. The van der Waals surface area contributed by atoms with Crippen LogP contribution in [0.2, 0.25) is 0 Å². The number of imidazole rings is 1. The highest BCUT2D eigenvalue weighted by atomic mass is 15.5. The normalized spacial score (nSPS) is 10.5. The highest BCUT2D eigenvalue weighted by Crippen LogP contribution is 2.01. The first-order valence-electron chi connectivity index (χ1n) is 4.12. The van der Waals surface area contributed by atoms with Gasteiger partial charge in [-0.25, -0.2) is 4.98 Å². The number of rotatable bonds is 3. The minimum absolute atomic E-state index is 0.622. The lowest BCUT2D eigenvalue weighted by Gasteiger charge is -2.00. The Labute approximate surface area is 75.0 Å². The van der Waals surface area contributed by atoms with E-state index in [1.54, 1.807) is 6.20 Å².